The van der Waals surface area contributed by atoms with Crippen LogP contribution in [0.15, 0.2) is 48.9 Å². The third kappa shape index (κ3) is 5.59. The van der Waals surface area contributed by atoms with Crippen molar-refractivity contribution in [3.63, 3.8) is 0 Å². The molecule has 5 rings (SSSR count). The van der Waals surface area contributed by atoms with Crippen molar-refractivity contribution in [2.75, 3.05) is 18.4 Å². The zero-order chi connectivity index (χ0) is 24.4. The van der Waals surface area contributed by atoms with Crippen molar-refractivity contribution >= 4 is 30.2 Å². The minimum Gasteiger partial charge on any atom is -0.487 e. The Balaban J connectivity index is 0.00000304. The lowest BCUT2D eigenvalue weighted by molar-refractivity contribution is -0.00448. The highest BCUT2D eigenvalue weighted by atomic mass is 35.5. The van der Waals surface area contributed by atoms with Gasteiger partial charge in [0.25, 0.3) is 5.91 Å². The van der Waals surface area contributed by atoms with Gasteiger partial charge in [0.15, 0.2) is 0 Å². The van der Waals surface area contributed by atoms with Crippen molar-refractivity contribution in [2.24, 2.45) is 7.05 Å². The molecule has 1 saturated heterocycles. The summed E-state index contributed by atoms with van der Waals surface area (Å²) < 4.78 is 21.4. The molecule has 0 unspecified atom stereocenters. The van der Waals surface area contributed by atoms with Crippen molar-refractivity contribution in [3.05, 3.63) is 71.4 Å². The number of carbonyl (C=O) groups excluding carboxylic acids is 2. The Labute approximate surface area is 214 Å². The maximum absolute atomic E-state index is 13.5. The predicted molar refractivity (Wildman–Crippen MR) is 134 cm³/mol. The van der Waals surface area contributed by atoms with E-state index in [1.165, 1.54) is 18.3 Å². The number of carbonyl (C=O) groups is 2. The Kier molecular flexibility index (Phi) is 7.44. The second-order valence-electron chi connectivity index (χ2n) is 9.09. The molecule has 3 amide bonds. The fraction of sp³-hybridized carbons (Fsp3) is 0.360. The monoisotopic (exact) mass is 514 g/mol. The highest BCUT2D eigenvalue weighted by Gasteiger charge is 2.40. The molecule has 2 aliphatic heterocycles. The van der Waals surface area contributed by atoms with Crippen LogP contribution in [-0.2, 0) is 20.0 Å². The minimum atomic E-state index is -0.327. The first-order valence-corrected chi connectivity index (χ1v) is 11.6. The molecule has 3 aromatic rings. The van der Waals surface area contributed by atoms with Crippen LogP contribution >= 0.6 is 12.4 Å². The van der Waals surface area contributed by atoms with Crippen molar-refractivity contribution < 1.29 is 18.7 Å². The van der Waals surface area contributed by atoms with E-state index in [1.54, 1.807) is 34.0 Å². The third-order valence-electron chi connectivity index (χ3n) is 6.63. The number of halogens is 2. The van der Waals surface area contributed by atoms with Gasteiger partial charge in [-0.3, -0.25) is 14.8 Å². The van der Waals surface area contributed by atoms with Crippen LogP contribution in [0.5, 0.6) is 5.75 Å². The number of ether oxygens (including phenoxy) is 1. The fourth-order valence-corrected chi connectivity index (χ4v) is 4.64. The average Bonchev–Trinajstić information content (AvgIpc) is 3.28. The van der Waals surface area contributed by atoms with Gasteiger partial charge in [0.1, 0.15) is 23.0 Å². The minimum absolute atomic E-state index is 0. The van der Waals surface area contributed by atoms with Crippen LogP contribution in [0.3, 0.4) is 0 Å². The van der Waals surface area contributed by atoms with E-state index in [1.807, 2.05) is 13.2 Å². The van der Waals surface area contributed by atoms with Gasteiger partial charge in [-0.1, -0.05) is 0 Å². The predicted octanol–water partition coefficient (Wildman–Crippen LogP) is 3.70. The molecule has 11 heteroatoms. The molecule has 0 radical (unpaired) electrons. The van der Waals surface area contributed by atoms with E-state index in [4.69, 9.17) is 4.74 Å². The van der Waals surface area contributed by atoms with Crippen molar-refractivity contribution in [3.8, 4) is 5.75 Å². The molecule has 2 aliphatic rings. The van der Waals surface area contributed by atoms with Gasteiger partial charge in [0.05, 0.1) is 6.20 Å². The van der Waals surface area contributed by atoms with Crippen molar-refractivity contribution in [2.45, 2.75) is 37.8 Å². The van der Waals surface area contributed by atoms with E-state index in [-0.39, 0.29) is 35.8 Å². The molecule has 2 N–H and O–H groups in total. The van der Waals surface area contributed by atoms with Gasteiger partial charge in [-0.25, -0.2) is 14.2 Å². The van der Waals surface area contributed by atoms with E-state index in [0.717, 1.165) is 29.7 Å². The number of aromatic nitrogens is 3. The number of anilines is 1. The Morgan fingerprint density at radius 1 is 1.17 bits per heavy atom. The number of pyridine rings is 1. The van der Waals surface area contributed by atoms with Crippen LogP contribution < -0.4 is 15.4 Å². The average molecular weight is 515 g/mol. The molecule has 1 fully saturated rings. The first-order valence-electron chi connectivity index (χ1n) is 11.6. The van der Waals surface area contributed by atoms with Crippen LogP contribution in [0.4, 0.5) is 15.0 Å². The van der Waals surface area contributed by atoms with E-state index in [2.05, 4.69) is 20.7 Å². The Morgan fingerprint density at radius 3 is 2.72 bits per heavy atom. The van der Waals surface area contributed by atoms with Gasteiger partial charge in [-0.2, -0.15) is 5.10 Å². The molecule has 4 heterocycles. The summed E-state index contributed by atoms with van der Waals surface area (Å²) in [5, 5.41) is 9.72. The summed E-state index contributed by atoms with van der Waals surface area (Å²) in [5.41, 5.74) is 1.86. The molecule has 1 aromatic carbocycles. The quantitative estimate of drug-likeness (QED) is 0.553. The zero-order valence-electron chi connectivity index (χ0n) is 19.9. The molecule has 0 saturated carbocycles. The Morgan fingerprint density at radius 2 is 1.97 bits per heavy atom. The lowest BCUT2D eigenvalue weighted by Gasteiger charge is -2.44. The van der Waals surface area contributed by atoms with Crippen molar-refractivity contribution in [1.82, 2.24) is 25.0 Å². The summed E-state index contributed by atoms with van der Waals surface area (Å²) in [6, 6.07) is 7.53. The number of amides is 3. The maximum Gasteiger partial charge on any atom is 0.323 e. The molecule has 0 aliphatic carbocycles. The fourth-order valence-electron chi connectivity index (χ4n) is 4.64. The van der Waals surface area contributed by atoms with Gasteiger partial charge in [0, 0.05) is 63.0 Å². The summed E-state index contributed by atoms with van der Waals surface area (Å²) in [7, 11) is 1.81. The van der Waals surface area contributed by atoms with E-state index in [0.29, 0.717) is 43.9 Å². The number of piperidine rings is 1. The van der Waals surface area contributed by atoms with Crippen molar-refractivity contribution in [1.29, 1.82) is 0 Å². The highest BCUT2D eigenvalue weighted by molar-refractivity contribution is 5.96. The lowest BCUT2D eigenvalue weighted by atomic mass is 9.83. The van der Waals surface area contributed by atoms with Gasteiger partial charge in [0.2, 0.25) is 0 Å². The van der Waals surface area contributed by atoms with Gasteiger partial charge >= 0.3 is 6.03 Å². The Hall–Kier alpha value is -3.66. The number of aryl methyl sites for hydroxylation is 2. The summed E-state index contributed by atoms with van der Waals surface area (Å²) in [5.74, 6) is 0.535. The molecule has 0 bridgehead atoms. The number of nitrogens with one attached hydrogen (secondary N) is 2. The molecule has 1 spiro atoms. The largest absolute Gasteiger partial charge is 0.487 e. The molecule has 36 heavy (non-hydrogen) atoms. The first-order chi connectivity index (χ1) is 16.9. The summed E-state index contributed by atoms with van der Waals surface area (Å²) >= 11 is 0. The van der Waals surface area contributed by atoms with Gasteiger partial charge in [-0.05, 0) is 48.7 Å². The normalized spacial score (nSPS) is 15.9. The molecule has 190 valence electrons. The summed E-state index contributed by atoms with van der Waals surface area (Å²) in [4.78, 5) is 31.3. The number of benzene rings is 1. The van der Waals surface area contributed by atoms with Gasteiger partial charge in [-0.15, -0.1) is 12.4 Å². The summed E-state index contributed by atoms with van der Waals surface area (Å²) in [6.07, 6.45) is 7.98. The lowest BCUT2D eigenvalue weighted by Crippen LogP contribution is -2.52. The zero-order valence-corrected chi connectivity index (χ0v) is 20.7. The van der Waals surface area contributed by atoms with E-state index in [9.17, 15) is 14.0 Å². The molecule has 2 aromatic heterocycles. The number of hydrogen-bond acceptors (Lipinski definition) is 5. The molecule has 9 nitrogen and oxygen atoms in total. The second-order valence-corrected chi connectivity index (χ2v) is 9.09. The molecular formula is C25H28ClFN6O3. The van der Waals surface area contributed by atoms with E-state index < -0.39 is 0 Å². The third-order valence-corrected chi connectivity index (χ3v) is 6.63. The number of nitrogens with zero attached hydrogens (tertiary/aromatic N) is 4. The number of hydrogen-bond donors (Lipinski definition) is 2. The van der Waals surface area contributed by atoms with E-state index >= 15 is 0 Å². The molecular weight excluding hydrogens is 487 g/mol. The van der Waals surface area contributed by atoms with Crippen LogP contribution in [-0.4, -0.2) is 50.3 Å². The number of urea groups is 1. The highest BCUT2D eigenvalue weighted by Crippen LogP contribution is 2.39. The first kappa shape index (κ1) is 25.4. The number of rotatable bonds is 4. The smallest absolute Gasteiger partial charge is 0.323 e. The maximum atomic E-state index is 13.5. The SMILES string of the molecule is Cl.Cn1cc(CNC(=O)c2ccnc(NC(=O)N3CCC4(CCc5cc(F)ccc5O4)CC3)c2)cn1. The Bertz CT molecular complexity index is 1260. The van der Waals surface area contributed by atoms with Crippen LogP contribution in [0.2, 0.25) is 0 Å². The standard InChI is InChI=1S/C25H27FN6O3.ClH/c1-31-16-17(15-29-31)14-28-23(33)19-5-9-27-22(13-19)30-24(34)32-10-7-25(8-11-32)6-4-18-12-20(26)2-3-21(18)35-25;/h2-3,5,9,12-13,15-16H,4,6-8,10-11,14H2,1H3,(H,28,33)(H,27,30,34);1H. The topological polar surface area (TPSA) is 101 Å². The second kappa shape index (κ2) is 10.5. The number of fused-ring (bicyclic) bond motifs is 1. The van der Waals surface area contributed by atoms with Crippen LogP contribution in [0, 0.1) is 5.82 Å². The number of likely N-dealkylation sites (tertiary alicyclic amines) is 1. The van der Waals surface area contributed by atoms with Crippen LogP contribution in [0.1, 0.15) is 40.7 Å². The van der Waals surface area contributed by atoms with Crippen LogP contribution in [0.25, 0.3) is 0 Å². The van der Waals surface area contributed by atoms with Gasteiger partial charge < -0.3 is 15.0 Å². The summed E-state index contributed by atoms with van der Waals surface area (Å²) in [6.45, 7) is 1.43. The molecule has 0 atom stereocenters.